The number of carbonyl (C=O) groups excluding carboxylic acids is 10. The normalized spacial score (nSPS) is 11.0. The van der Waals surface area contributed by atoms with Gasteiger partial charge in [-0.15, -0.1) is 0 Å². The molecule has 676 valence electrons. The van der Waals surface area contributed by atoms with Crippen LogP contribution in [0.25, 0.3) is 0 Å². The number of benzene rings is 4. The Balaban J connectivity index is 1.11. The first kappa shape index (κ1) is 101. The van der Waals surface area contributed by atoms with Crippen molar-refractivity contribution in [3.05, 3.63) is 195 Å². The standard InChI is InChI=1S/C85H104ClN9O30/c1-106-21-25-110-29-33-114-37-41-118-45-49-122-82(102)62-13-5-9-17-66(62)92-78(98)72-55-60(56-73(90-72)79(99)93-67-18-10-6-14-63(67)83(103)123-50-46-119-42-38-115-34-30-111-26-22-107-2)87-76(96)70-53-59(86)54-71(89-70)77(97)88-61-57-74(80(100)94-68-19-11-7-15-64(68)84(104)124-51-47-120-43-39-116-35-31-112-27-23-108-3)91-75(58-61)81(101)95-69-20-12-8-16-65(69)85(105)125-52-48-121-44-40-117-36-32-113-28-24-109-4/h5-20,53-58H,21-52H2,1-4H3,(H,92,98)(H,93,99)(H,94,100)(H,95,101)(H,87,90,96)(H,88,91,97). The van der Waals surface area contributed by atoms with Gasteiger partial charge in [0.05, 0.1) is 230 Å². The Morgan fingerprint density at radius 3 is 0.600 bits per heavy atom. The Hall–Kier alpha value is -11.3. The van der Waals surface area contributed by atoms with E-state index in [4.69, 9.17) is 106 Å². The molecular weight excluding hydrogens is 1660 g/mol. The molecule has 0 bridgehead atoms. The summed E-state index contributed by atoms with van der Waals surface area (Å²) in [5.41, 5.74) is -4.26. The van der Waals surface area contributed by atoms with Crippen molar-refractivity contribution in [3.63, 3.8) is 0 Å². The Morgan fingerprint density at radius 1 is 0.232 bits per heavy atom. The molecule has 6 amide bonds. The highest BCUT2D eigenvalue weighted by atomic mass is 35.5. The van der Waals surface area contributed by atoms with Crippen LogP contribution in [0.3, 0.4) is 0 Å². The number of aromatic nitrogens is 3. The van der Waals surface area contributed by atoms with Gasteiger partial charge in [-0.3, -0.25) is 28.8 Å². The predicted molar refractivity (Wildman–Crippen MR) is 450 cm³/mol. The number of nitrogens with zero attached hydrogens (tertiary/aromatic N) is 3. The highest BCUT2D eigenvalue weighted by Gasteiger charge is 2.26. The third-order valence-electron chi connectivity index (χ3n) is 16.5. The summed E-state index contributed by atoms with van der Waals surface area (Å²) >= 11 is 6.64. The zero-order valence-electron chi connectivity index (χ0n) is 69.8. The molecule has 7 rings (SSSR count). The van der Waals surface area contributed by atoms with E-state index in [1.807, 2.05) is 0 Å². The van der Waals surface area contributed by atoms with Crippen LogP contribution in [-0.2, 0) is 94.7 Å². The van der Waals surface area contributed by atoms with Gasteiger partial charge in [0.2, 0.25) is 0 Å². The molecular formula is C85H104ClN9O30. The van der Waals surface area contributed by atoms with Gasteiger partial charge < -0.3 is 127 Å². The van der Waals surface area contributed by atoms with E-state index in [0.29, 0.717) is 106 Å². The van der Waals surface area contributed by atoms with E-state index in [1.165, 1.54) is 97.1 Å². The number of halogens is 1. The van der Waals surface area contributed by atoms with Crippen LogP contribution in [0.15, 0.2) is 133 Å². The predicted octanol–water partition coefficient (Wildman–Crippen LogP) is 7.45. The van der Waals surface area contributed by atoms with E-state index in [9.17, 15) is 47.9 Å². The van der Waals surface area contributed by atoms with Gasteiger partial charge in [-0.2, -0.15) is 0 Å². The molecule has 3 aromatic heterocycles. The van der Waals surface area contributed by atoms with Gasteiger partial charge in [0.25, 0.3) is 35.4 Å². The van der Waals surface area contributed by atoms with Crippen molar-refractivity contribution in [2.45, 2.75) is 0 Å². The number of ether oxygens (including phenoxy) is 20. The number of hydrogen-bond acceptors (Lipinski definition) is 33. The molecule has 0 atom stereocenters. The van der Waals surface area contributed by atoms with Crippen molar-refractivity contribution in [1.82, 2.24) is 15.0 Å². The molecule has 0 aliphatic heterocycles. The zero-order chi connectivity index (χ0) is 89.3. The van der Waals surface area contributed by atoms with Crippen LogP contribution in [0.4, 0.5) is 34.1 Å². The highest BCUT2D eigenvalue weighted by molar-refractivity contribution is 6.31. The molecule has 0 radical (unpaired) electrons. The minimum absolute atomic E-state index is 0.0000745. The molecule has 3 heterocycles. The number of amides is 6. The minimum atomic E-state index is -1.09. The summed E-state index contributed by atoms with van der Waals surface area (Å²) in [4.78, 5) is 154. The number of para-hydroxylation sites is 4. The summed E-state index contributed by atoms with van der Waals surface area (Å²) in [5.74, 6) is -9.62. The van der Waals surface area contributed by atoms with Gasteiger partial charge in [0.15, 0.2) is 0 Å². The van der Waals surface area contributed by atoms with Gasteiger partial charge in [0, 0.05) is 44.8 Å². The van der Waals surface area contributed by atoms with Gasteiger partial charge in [0.1, 0.15) is 60.6 Å². The lowest BCUT2D eigenvalue weighted by atomic mass is 10.1. The van der Waals surface area contributed by atoms with Gasteiger partial charge in [-0.05, 0) is 84.9 Å². The molecule has 0 fully saturated rings. The molecule has 0 aliphatic carbocycles. The molecule has 4 aromatic carbocycles. The number of nitrogens with one attached hydrogen (secondary N) is 6. The maximum Gasteiger partial charge on any atom is 0.340 e. The molecule has 6 N–H and O–H groups in total. The average Bonchev–Trinajstić information content (AvgIpc) is 0.836. The summed E-state index contributed by atoms with van der Waals surface area (Å²) in [5, 5.41) is 15.4. The third-order valence-corrected chi connectivity index (χ3v) is 16.7. The van der Waals surface area contributed by atoms with Crippen LogP contribution in [0.2, 0.25) is 5.02 Å². The summed E-state index contributed by atoms with van der Waals surface area (Å²) in [6.07, 6.45) is 0. The molecule has 0 saturated carbocycles. The van der Waals surface area contributed by atoms with Crippen molar-refractivity contribution in [2.24, 2.45) is 0 Å². The van der Waals surface area contributed by atoms with E-state index in [0.717, 1.165) is 36.4 Å². The summed E-state index contributed by atoms with van der Waals surface area (Å²) in [7, 11) is 6.28. The molecule has 40 heteroatoms. The fraction of sp³-hybridized carbons (Fsp3) is 0.424. The van der Waals surface area contributed by atoms with Gasteiger partial charge >= 0.3 is 23.9 Å². The average molecular weight is 1770 g/mol. The Kier molecular flexibility index (Phi) is 48.6. The number of carbonyl (C=O) groups is 10. The molecule has 0 aliphatic rings. The smallest absolute Gasteiger partial charge is 0.340 e. The van der Waals surface area contributed by atoms with E-state index in [2.05, 4.69) is 46.9 Å². The van der Waals surface area contributed by atoms with Crippen molar-refractivity contribution < 1.29 is 143 Å². The Labute approximate surface area is 726 Å². The zero-order valence-corrected chi connectivity index (χ0v) is 70.6. The first-order valence-corrected chi connectivity index (χ1v) is 39.9. The van der Waals surface area contributed by atoms with Gasteiger partial charge in [-0.1, -0.05) is 60.1 Å². The molecule has 7 aromatic rings. The number of methoxy groups -OCH3 is 4. The van der Waals surface area contributed by atoms with Crippen molar-refractivity contribution in [1.29, 1.82) is 0 Å². The van der Waals surface area contributed by atoms with E-state index >= 15 is 0 Å². The second-order valence-corrected chi connectivity index (χ2v) is 26.0. The number of pyridine rings is 3. The second-order valence-electron chi connectivity index (χ2n) is 25.6. The number of esters is 4. The van der Waals surface area contributed by atoms with E-state index < -0.39 is 93.5 Å². The molecule has 0 unspecified atom stereocenters. The number of hydrogen-bond donors (Lipinski definition) is 6. The lowest BCUT2D eigenvalue weighted by molar-refractivity contribution is -0.00557. The quantitative estimate of drug-likeness (QED) is 0.0122. The minimum Gasteiger partial charge on any atom is -0.460 e. The maximum absolute atomic E-state index is 14.6. The summed E-state index contributed by atoms with van der Waals surface area (Å²) < 4.78 is 107. The van der Waals surface area contributed by atoms with Crippen molar-refractivity contribution in [3.8, 4) is 0 Å². The fourth-order valence-electron chi connectivity index (χ4n) is 10.4. The first-order chi connectivity index (χ1) is 61.0. The van der Waals surface area contributed by atoms with Gasteiger partial charge in [-0.25, -0.2) is 34.1 Å². The number of anilines is 6. The summed E-state index contributed by atoms with van der Waals surface area (Å²) in [6.45, 7) is 7.28. The van der Waals surface area contributed by atoms with Crippen LogP contribution >= 0.6 is 11.6 Å². The first-order valence-electron chi connectivity index (χ1n) is 39.5. The van der Waals surface area contributed by atoms with E-state index in [-0.39, 0.29) is 167 Å². The van der Waals surface area contributed by atoms with Crippen LogP contribution in [0.1, 0.15) is 104 Å². The second kappa shape index (κ2) is 60.3. The van der Waals surface area contributed by atoms with Crippen LogP contribution in [-0.4, -0.2) is 314 Å². The third kappa shape index (κ3) is 38.8. The van der Waals surface area contributed by atoms with E-state index in [1.54, 1.807) is 28.4 Å². The lowest BCUT2D eigenvalue weighted by Gasteiger charge is -2.14. The SMILES string of the molecule is COCCOCCOCCOCCOC(=O)c1ccccc1NC(=O)c1cc(NC(=O)c2cc(Cl)cc(C(=O)Nc3cc(C(=O)Nc4ccccc4C(=O)OCCOCCOCCOCCOC)nc(C(=O)Nc4ccccc4C(=O)OCCOCCOCCOCCOC)c3)n2)cc(C(=O)Nc2ccccc2C(=O)OCCOCCOCCOCCOC)n1. The van der Waals surface area contributed by atoms with Crippen LogP contribution in [0.5, 0.6) is 0 Å². The van der Waals surface area contributed by atoms with Crippen LogP contribution in [0, 0.1) is 0 Å². The van der Waals surface area contributed by atoms with Crippen molar-refractivity contribution >= 4 is 105 Å². The van der Waals surface area contributed by atoms with Crippen LogP contribution < -0.4 is 31.9 Å². The maximum atomic E-state index is 14.6. The Morgan fingerprint density at radius 2 is 0.400 bits per heavy atom. The molecule has 125 heavy (non-hydrogen) atoms. The lowest BCUT2D eigenvalue weighted by Crippen LogP contribution is -2.23. The molecule has 39 nitrogen and oxygen atoms in total. The Bertz CT molecular complexity index is 4020. The summed E-state index contributed by atoms with van der Waals surface area (Å²) in [6, 6.07) is 29.9. The monoisotopic (exact) mass is 1770 g/mol. The molecule has 0 saturated heterocycles. The topological polar surface area (TPSA) is 466 Å². The number of rotatable bonds is 64. The fourth-order valence-corrected chi connectivity index (χ4v) is 10.6. The van der Waals surface area contributed by atoms with Crippen molar-refractivity contribution in [2.75, 3.05) is 272 Å². The highest BCUT2D eigenvalue weighted by Crippen LogP contribution is 2.26. The largest absolute Gasteiger partial charge is 0.460 e. The molecule has 0 spiro atoms.